The number of hydrogen-bond acceptors (Lipinski definition) is 1. The second-order valence-corrected chi connectivity index (χ2v) is 5.05. The molecule has 1 heterocycles. The quantitative estimate of drug-likeness (QED) is 0.620. The molecule has 3 rings (SSSR count). The van der Waals surface area contributed by atoms with Gasteiger partial charge in [-0.05, 0) is 29.3 Å². The standard InChI is InChI=1S/C19H18N2.ClH/c1-21-13-11-18-14-17(9-10-19(18)21)15-20-12-5-8-16-6-3-2-4-7-16;/h2-11,13-15H,12H2,1H3;1H/b8-5+,20-15?;. The molecular formula is C19H19ClN2. The van der Waals surface area contributed by atoms with E-state index in [1.807, 2.05) is 24.4 Å². The number of aryl methyl sites for hydroxylation is 1. The first-order valence-electron chi connectivity index (χ1n) is 7.09. The zero-order valence-electron chi connectivity index (χ0n) is 12.5. The van der Waals surface area contributed by atoms with Crippen LogP contribution in [0.25, 0.3) is 17.0 Å². The lowest BCUT2D eigenvalue weighted by Crippen LogP contribution is -1.86. The van der Waals surface area contributed by atoms with Crippen molar-refractivity contribution in [3.05, 3.63) is 78.0 Å². The summed E-state index contributed by atoms with van der Waals surface area (Å²) in [6.07, 6.45) is 8.18. The van der Waals surface area contributed by atoms with Gasteiger partial charge in [-0.1, -0.05) is 48.6 Å². The maximum atomic E-state index is 4.45. The second kappa shape index (κ2) is 7.62. The maximum Gasteiger partial charge on any atom is 0.0573 e. The highest BCUT2D eigenvalue weighted by atomic mass is 35.5. The van der Waals surface area contributed by atoms with Crippen LogP contribution >= 0.6 is 12.4 Å². The normalized spacial score (nSPS) is 11.3. The minimum atomic E-state index is 0. The third-order valence-electron chi connectivity index (χ3n) is 3.47. The molecule has 0 aliphatic rings. The van der Waals surface area contributed by atoms with E-state index in [-0.39, 0.29) is 12.4 Å². The molecule has 0 aliphatic carbocycles. The van der Waals surface area contributed by atoms with Crippen molar-refractivity contribution in [3.63, 3.8) is 0 Å². The van der Waals surface area contributed by atoms with E-state index in [4.69, 9.17) is 0 Å². The Labute approximate surface area is 137 Å². The van der Waals surface area contributed by atoms with Crippen molar-refractivity contribution in [2.24, 2.45) is 12.0 Å². The van der Waals surface area contributed by atoms with E-state index in [1.165, 1.54) is 16.5 Å². The first-order valence-corrected chi connectivity index (χ1v) is 7.09. The summed E-state index contributed by atoms with van der Waals surface area (Å²) >= 11 is 0. The van der Waals surface area contributed by atoms with Crippen LogP contribution in [0.3, 0.4) is 0 Å². The van der Waals surface area contributed by atoms with Gasteiger partial charge in [-0.25, -0.2) is 0 Å². The van der Waals surface area contributed by atoms with Gasteiger partial charge in [-0.3, -0.25) is 4.99 Å². The Morgan fingerprint density at radius 2 is 1.82 bits per heavy atom. The molecule has 0 saturated carbocycles. The minimum absolute atomic E-state index is 0. The lowest BCUT2D eigenvalue weighted by atomic mass is 10.2. The summed E-state index contributed by atoms with van der Waals surface area (Å²) in [4.78, 5) is 4.45. The Hall–Kier alpha value is -2.32. The first-order chi connectivity index (χ1) is 10.3. The molecule has 112 valence electrons. The lowest BCUT2D eigenvalue weighted by Gasteiger charge is -1.97. The summed E-state index contributed by atoms with van der Waals surface area (Å²) < 4.78 is 2.12. The molecule has 0 fully saturated rings. The van der Waals surface area contributed by atoms with Gasteiger partial charge >= 0.3 is 0 Å². The largest absolute Gasteiger partial charge is 0.351 e. The Kier molecular flexibility index (Phi) is 5.56. The van der Waals surface area contributed by atoms with E-state index < -0.39 is 0 Å². The fourth-order valence-electron chi connectivity index (χ4n) is 2.35. The third kappa shape index (κ3) is 3.86. The zero-order valence-corrected chi connectivity index (χ0v) is 13.3. The summed E-state index contributed by atoms with van der Waals surface area (Å²) in [5.74, 6) is 0. The summed E-state index contributed by atoms with van der Waals surface area (Å²) in [6.45, 7) is 0.696. The summed E-state index contributed by atoms with van der Waals surface area (Å²) in [7, 11) is 2.06. The van der Waals surface area contributed by atoms with Gasteiger partial charge in [-0.2, -0.15) is 0 Å². The van der Waals surface area contributed by atoms with E-state index >= 15 is 0 Å². The lowest BCUT2D eigenvalue weighted by molar-refractivity contribution is 0.969. The van der Waals surface area contributed by atoms with Crippen LogP contribution < -0.4 is 0 Å². The summed E-state index contributed by atoms with van der Waals surface area (Å²) in [6, 6.07) is 18.8. The molecule has 3 heteroatoms. The van der Waals surface area contributed by atoms with Crippen LogP contribution in [0.15, 0.2) is 71.9 Å². The van der Waals surface area contributed by atoms with Crippen molar-refractivity contribution >= 4 is 35.6 Å². The fraction of sp³-hybridized carbons (Fsp3) is 0.105. The van der Waals surface area contributed by atoms with Crippen LogP contribution in [0.5, 0.6) is 0 Å². The molecule has 3 aromatic rings. The highest BCUT2D eigenvalue weighted by Crippen LogP contribution is 2.15. The zero-order chi connectivity index (χ0) is 14.5. The molecule has 22 heavy (non-hydrogen) atoms. The molecule has 1 aromatic heterocycles. The number of aliphatic imine (C=N–C) groups is 1. The van der Waals surface area contributed by atoms with Gasteiger partial charge in [0.1, 0.15) is 0 Å². The molecular weight excluding hydrogens is 292 g/mol. The Morgan fingerprint density at radius 1 is 1.00 bits per heavy atom. The molecule has 2 aromatic carbocycles. The molecule has 0 atom stereocenters. The van der Waals surface area contributed by atoms with Crippen LogP contribution in [-0.2, 0) is 7.05 Å². The van der Waals surface area contributed by atoms with E-state index in [9.17, 15) is 0 Å². The molecule has 2 nitrogen and oxygen atoms in total. The predicted molar refractivity (Wildman–Crippen MR) is 98.1 cm³/mol. The minimum Gasteiger partial charge on any atom is -0.351 e. The number of nitrogens with zero attached hydrogens (tertiary/aromatic N) is 2. The van der Waals surface area contributed by atoms with Crippen molar-refractivity contribution in [1.29, 1.82) is 0 Å². The van der Waals surface area contributed by atoms with E-state index in [0.717, 1.165) is 5.56 Å². The number of hydrogen-bond donors (Lipinski definition) is 0. The SMILES string of the molecule is Cl.Cn1ccc2cc(C=NC/C=C/c3ccccc3)ccc21. The van der Waals surface area contributed by atoms with Crippen LogP contribution in [0.4, 0.5) is 0 Å². The Balaban J connectivity index is 0.00000176. The average molecular weight is 311 g/mol. The monoisotopic (exact) mass is 310 g/mol. The van der Waals surface area contributed by atoms with Crippen LogP contribution in [0, 0.1) is 0 Å². The van der Waals surface area contributed by atoms with Crippen molar-refractivity contribution in [2.45, 2.75) is 0 Å². The topological polar surface area (TPSA) is 17.3 Å². The highest BCUT2D eigenvalue weighted by Gasteiger charge is 1.97. The van der Waals surface area contributed by atoms with Gasteiger partial charge in [0.15, 0.2) is 0 Å². The number of halogens is 1. The predicted octanol–water partition coefficient (Wildman–Crippen LogP) is 4.73. The maximum absolute atomic E-state index is 4.45. The van der Waals surface area contributed by atoms with Gasteiger partial charge in [0.2, 0.25) is 0 Å². The van der Waals surface area contributed by atoms with Crippen LogP contribution in [-0.4, -0.2) is 17.3 Å². The van der Waals surface area contributed by atoms with Crippen molar-refractivity contribution in [3.8, 4) is 0 Å². The van der Waals surface area contributed by atoms with Gasteiger partial charge in [0.05, 0.1) is 6.54 Å². The second-order valence-electron chi connectivity index (χ2n) is 5.05. The van der Waals surface area contributed by atoms with Gasteiger partial charge in [-0.15, -0.1) is 12.4 Å². The number of fused-ring (bicyclic) bond motifs is 1. The number of rotatable bonds is 4. The highest BCUT2D eigenvalue weighted by molar-refractivity contribution is 5.89. The Morgan fingerprint density at radius 3 is 2.64 bits per heavy atom. The number of aromatic nitrogens is 1. The van der Waals surface area contributed by atoms with E-state index in [0.29, 0.717) is 6.54 Å². The number of benzene rings is 2. The van der Waals surface area contributed by atoms with E-state index in [2.05, 4.69) is 71.4 Å². The van der Waals surface area contributed by atoms with Crippen LogP contribution in [0.2, 0.25) is 0 Å². The fourth-order valence-corrected chi connectivity index (χ4v) is 2.35. The average Bonchev–Trinajstić information content (AvgIpc) is 2.89. The van der Waals surface area contributed by atoms with E-state index in [1.54, 1.807) is 0 Å². The molecule has 0 aliphatic heterocycles. The van der Waals surface area contributed by atoms with Gasteiger partial charge in [0.25, 0.3) is 0 Å². The van der Waals surface area contributed by atoms with Crippen molar-refractivity contribution in [1.82, 2.24) is 4.57 Å². The third-order valence-corrected chi connectivity index (χ3v) is 3.47. The molecule has 0 amide bonds. The molecule has 0 saturated heterocycles. The smallest absolute Gasteiger partial charge is 0.0573 e. The van der Waals surface area contributed by atoms with Crippen molar-refractivity contribution < 1.29 is 0 Å². The van der Waals surface area contributed by atoms with Crippen molar-refractivity contribution in [2.75, 3.05) is 6.54 Å². The van der Waals surface area contributed by atoms with Crippen LogP contribution in [0.1, 0.15) is 11.1 Å². The summed E-state index contributed by atoms with van der Waals surface area (Å²) in [5, 5.41) is 1.25. The molecule has 0 N–H and O–H groups in total. The van der Waals surface area contributed by atoms with Gasteiger partial charge in [0, 0.05) is 30.4 Å². The Bertz CT molecular complexity index is 786. The molecule has 0 radical (unpaired) electrons. The molecule has 0 bridgehead atoms. The van der Waals surface area contributed by atoms with Gasteiger partial charge < -0.3 is 4.57 Å². The molecule has 0 unspecified atom stereocenters. The first kappa shape index (κ1) is 16.1. The molecule has 0 spiro atoms. The summed E-state index contributed by atoms with van der Waals surface area (Å²) in [5.41, 5.74) is 3.59.